The van der Waals surface area contributed by atoms with Crippen LogP contribution in [0, 0.1) is 5.41 Å². The average molecular weight is 624 g/mol. The molecule has 0 radical (unpaired) electrons. The normalized spacial score (nSPS) is 46.3. The van der Waals surface area contributed by atoms with E-state index in [4.69, 9.17) is 41.6 Å². The molecule has 41 heavy (non-hydrogen) atoms. The molecule has 0 aromatic rings. The number of ether oxygens (including phenoxy) is 4. The number of nitrogens with two attached hydrogens (primary N) is 3. The molecule has 2 saturated heterocycles. The van der Waals surface area contributed by atoms with Crippen LogP contribution in [0.15, 0.2) is 4.99 Å². The van der Waals surface area contributed by atoms with Gasteiger partial charge in [-0.2, -0.15) is 0 Å². The third-order valence-electron chi connectivity index (χ3n) is 7.40. The van der Waals surface area contributed by atoms with E-state index in [9.17, 15) is 40.5 Å². The van der Waals surface area contributed by atoms with E-state index in [-0.39, 0.29) is 46.9 Å². The first-order valence-corrected chi connectivity index (χ1v) is 12.4. The SMILES string of the molecule is CN[C@@H]1[C@H](O[C@H]2[C@H](O[C@H]3[C@H](O)[C@@H](O)[C@H](N=C(N)N)[C@@H](O)[C@@H]3NC(=N)N)O[C@@H](C)[C@]2(O)C=O)O[C@@H](CO)[C@H](O)[C@H]1O.[Ca+2].[H-].[H-]. The monoisotopic (exact) mass is 623 g/mol. The standard InChI is InChI=1S/C21H39N7O12.Ca.2H/c1-5-21(36,4-30)16(40-17-9(26-2)13(34)10(31)6(3-29)38-17)18(37-5)39-15-8(28-20(24)25)11(32)7(27-19(22)23)12(33)14(15)35;;;/h4-18,26,29,31-36H,3H2,1-2H3,(H4,22,23,27)(H4,24,25,28);;;/q;+2;2*-1/t5-,6-,7+,8-,9-,10-,11+,12-,13-,14+,15+,16-,17-,18-,21+;;;/m0.../s1. The minimum atomic E-state index is -2.39. The van der Waals surface area contributed by atoms with Crippen LogP contribution in [0.3, 0.4) is 0 Å². The molecule has 1 aliphatic carbocycles. The molecule has 1 saturated carbocycles. The van der Waals surface area contributed by atoms with Gasteiger partial charge in [-0.15, -0.1) is 0 Å². The number of carbonyl (C=O) groups is 1. The van der Waals surface area contributed by atoms with Crippen molar-refractivity contribution in [2.24, 2.45) is 22.2 Å². The predicted octanol–water partition coefficient (Wildman–Crippen LogP) is -8.11. The zero-order valence-corrected chi connectivity index (χ0v) is 24.6. The second-order valence-corrected chi connectivity index (χ2v) is 9.93. The molecule has 3 aliphatic rings. The molecule has 3 rings (SSSR count). The Morgan fingerprint density at radius 1 is 1.02 bits per heavy atom. The van der Waals surface area contributed by atoms with E-state index in [1.54, 1.807) is 0 Å². The summed E-state index contributed by atoms with van der Waals surface area (Å²) in [5.74, 6) is -1.16. The zero-order chi connectivity index (χ0) is 30.1. The molecule has 2 heterocycles. The van der Waals surface area contributed by atoms with Crippen LogP contribution >= 0.6 is 0 Å². The van der Waals surface area contributed by atoms with Crippen LogP contribution in [-0.4, -0.2) is 197 Å². The summed E-state index contributed by atoms with van der Waals surface area (Å²) in [6, 6.07) is -4.02. The summed E-state index contributed by atoms with van der Waals surface area (Å²) in [5.41, 5.74) is 13.8. The smallest absolute Gasteiger partial charge is 1.00 e. The maximum atomic E-state index is 12.1. The third kappa shape index (κ3) is 7.21. The van der Waals surface area contributed by atoms with Gasteiger partial charge in [0.05, 0.1) is 24.8 Å². The number of rotatable bonds is 9. The van der Waals surface area contributed by atoms with Crippen molar-refractivity contribution in [2.45, 2.75) is 98.2 Å². The first-order valence-electron chi connectivity index (χ1n) is 12.4. The van der Waals surface area contributed by atoms with Crippen LogP contribution in [0.5, 0.6) is 0 Å². The number of hydrogen-bond donors (Lipinski definition) is 13. The summed E-state index contributed by atoms with van der Waals surface area (Å²) in [4.78, 5) is 15.8. The van der Waals surface area contributed by atoms with Gasteiger partial charge in [0.15, 0.2) is 36.4 Å². The molecule has 19 nitrogen and oxygen atoms in total. The number of aliphatic hydroxyl groups excluding tert-OH is 6. The number of aliphatic hydroxyl groups is 7. The fourth-order valence-corrected chi connectivity index (χ4v) is 5.13. The molecule has 0 aromatic carbocycles. The molecule has 2 aliphatic heterocycles. The van der Waals surface area contributed by atoms with Crippen molar-refractivity contribution in [3.63, 3.8) is 0 Å². The fraction of sp³-hybridized carbons (Fsp3) is 0.857. The number of likely N-dealkylation sites (N-methyl/N-ethyl adjacent to an activating group) is 1. The second-order valence-electron chi connectivity index (χ2n) is 9.93. The topological polar surface area (TPSA) is 334 Å². The summed E-state index contributed by atoms with van der Waals surface area (Å²) in [5, 5.41) is 86.6. The van der Waals surface area contributed by atoms with Crippen molar-refractivity contribution in [1.29, 1.82) is 5.41 Å². The van der Waals surface area contributed by atoms with Crippen LogP contribution in [0.1, 0.15) is 9.78 Å². The molecule has 3 fully saturated rings. The molecular formula is C21H41CaN7O12. The molecule has 234 valence electrons. The van der Waals surface area contributed by atoms with Crippen LogP contribution in [0.25, 0.3) is 0 Å². The van der Waals surface area contributed by atoms with Gasteiger partial charge in [0.1, 0.15) is 54.9 Å². The Morgan fingerprint density at radius 2 is 1.66 bits per heavy atom. The zero-order valence-electron chi connectivity index (χ0n) is 24.4. The molecule has 20 heteroatoms. The van der Waals surface area contributed by atoms with Crippen molar-refractivity contribution in [3.8, 4) is 0 Å². The Bertz CT molecular complexity index is 949. The van der Waals surface area contributed by atoms with E-state index < -0.39 is 110 Å². The van der Waals surface area contributed by atoms with E-state index in [0.717, 1.165) is 0 Å². The average Bonchev–Trinajstić information content (AvgIpc) is 3.13. The maximum Gasteiger partial charge on any atom is 2.00 e. The molecule has 0 spiro atoms. The Kier molecular flexibility index (Phi) is 12.9. The van der Waals surface area contributed by atoms with Gasteiger partial charge >= 0.3 is 37.7 Å². The van der Waals surface area contributed by atoms with Gasteiger partial charge in [0.25, 0.3) is 0 Å². The van der Waals surface area contributed by atoms with Gasteiger partial charge in [0, 0.05) is 0 Å². The molecule has 15 atom stereocenters. The van der Waals surface area contributed by atoms with E-state index in [1.165, 1.54) is 14.0 Å². The number of guanidine groups is 2. The Hall–Kier alpha value is -1.01. The molecular weight excluding hydrogens is 582 g/mol. The summed E-state index contributed by atoms with van der Waals surface area (Å²) in [6.07, 6.45) is -17.3. The van der Waals surface area contributed by atoms with Crippen LogP contribution in [-0.2, 0) is 23.7 Å². The van der Waals surface area contributed by atoms with E-state index in [2.05, 4.69) is 15.6 Å². The number of carbonyl (C=O) groups excluding carboxylic acids is 1. The number of aliphatic imine (C=N–C) groups is 1. The number of nitrogens with zero attached hydrogens (tertiary/aromatic N) is 1. The summed E-state index contributed by atoms with van der Waals surface area (Å²) in [6.45, 7) is 0.616. The summed E-state index contributed by atoms with van der Waals surface area (Å²) < 4.78 is 22.9. The summed E-state index contributed by atoms with van der Waals surface area (Å²) >= 11 is 0. The third-order valence-corrected chi connectivity index (χ3v) is 7.40. The summed E-state index contributed by atoms with van der Waals surface area (Å²) in [7, 11) is 1.42. The van der Waals surface area contributed by atoms with Gasteiger partial charge in [0.2, 0.25) is 0 Å². The quantitative estimate of drug-likeness (QED) is 0.0490. The van der Waals surface area contributed by atoms with E-state index in [0.29, 0.717) is 0 Å². The number of hydrogen-bond acceptors (Lipinski definition) is 15. The maximum absolute atomic E-state index is 12.1. The first-order chi connectivity index (χ1) is 18.7. The van der Waals surface area contributed by atoms with Crippen LogP contribution in [0.2, 0.25) is 0 Å². The number of nitrogens with one attached hydrogen (secondary N) is 3. The molecule has 0 unspecified atom stereocenters. The van der Waals surface area contributed by atoms with E-state index in [1.807, 2.05) is 0 Å². The number of aldehydes is 1. The minimum Gasteiger partial charge on any atom is -1.00 e. The minimum absolute atomic E-state index is 0. The van der Waals surface area contributed by atoms with Crippen molar-refractivity contribution >= 4 is 55.9 Å². The second kappa shape index (κ2) is 14.6. The Morgan fingerprint density at radius 3 is 2.17 bits per heavy atom. The Balaban J connectivity index is 0.00000588. The van der Waals surface area contributed by atoms with Gasteiger partial charge in [-0.05, 0) is 14.0 Å². The van der Waals surface area contributed by atoms with Crippen LogP contribution < -0.4 is 27.8 Å². The van der Waals surface area contributed by atoms with Gasteiger partial charge in [-0.1, -0.05) is 0 Å². The van der Waals surface area contributed by atoms with E-state index >= 15 is 0 Å². The van der Waals surface area contributed by atoms with Crippen LogP contribution in [0.4, 0.5) is 0 Å². The van der Waals surface area contributed by atoms with Crippen molar-refractivity contribution < 1.29 is 62.3 Å². The van der Waals surface area contributed by atoms with Crippen molar-refractivity contribution in [3.05, 3.63) is 0 Å². The molecule has 0 aromatic heterocycles. The molecule has 0 bridgehead atoms. The Labute approximate surface area is 267 Å². The largest absolute Gasteiger partial charge is 2.00 e. The van der Waals surface area contributed by atoms with Gasteiger partial charge in [-0.3, -0.25) is 10.2 Å². The van der Waals surface area contributed by atoms with Crippen molar-refractivity contribution in [2.75, 3.05) is 13.7 Å². The van der Waals surface area contributed by atoms with Gasteiger partial charge < -0.3 is 85.4 Å². The van der Waals surface area contributed by atoms with Crippen molar-refractivity contribution in [1.82, 2.24) is 10.6 Å². The van der Waals surface area contributed by atoms with Gasteiger partial charge in [-0.25, -0.2) is 4.99 Å². The fourth-order valence-electron chi connectivity index (χ4n) is 5.13. The molecule has 16 N–H and O–H groups in total. The first kappa shape index (κ1) is 36.2. The predicted molar refractivity (Wildman–Crippen MR) is 140 cm³/mol. The molecule has 0 amide bonds.